The van der Waals surface area contributed by atoms with E-state index in [9.17, 15) is 14.0 Å². The smallest absolute Gasteiger partial charge is 0.256 e. The minimum absolute atomic E-state index is 0.0893. The van der Waals surface area contributed by atoms with Gasteiger partial charge in [-0.1, -0.05) is 6.07 Å². The molecule has 1 amide bonds. The van der Waals surface area contributed by atoms with Crippen LogP contribution in [0.5, 0.6) is 0 Å². The molecule has 0 aliphatic carbocycles. The van der Waals surface area contributed by atoms with Crippen LogP contribution in [0.1, 0.15) is 38.9 Å². The topological polar surface area (TPSA) is 64.0 Å². The third-order valence-corrected chi connectivity index (χ3v) is 4.08. The van der Waals surface area contributed by atoms with Crippen molar-refractivity contribution in [2.75, 3.05) is 5.32 Å². The van der Waals surface area contributed by atoms with Crippen LogP contribution in [-0.2, 0) is 0 Å². The van der Waals surface area contributed by atoms with Crippen molar-refractivity contribution in [3.63, 3.8) is 0 Å². The Labute approximate surface area is 150 Å². The molecular formula is C20H18FN3O2. The first-order chi connectivity index (χ1) is 12.3. The lowest BCUT2D eigenvalue weighted by molar-refractivity contribution is 0.101. The van der Waals surface area contributed by atoms with E-state index in [1.54, 1.807) is 41.1 Å². The standard InChI is InChI=1S/C20H18FN3O2/c1-12-4-5-15(11-18(12)14(3)25)20(26)22-19-10-13(2)24(23-19)17-8-6-16(21)7-9-17/h4-11H,1-3H3,(H,22,23,26). The molecule has 3 aromatic rings. The number of carbonyl (C=O) groups excluding carboxylic acids is 2. The van der Waals surface area contributed by atoms with E-state index in [4.69, 9.17) is 0 Å². The molecule has 1 heterocycles. The number of aryl methyl sites for hydroxylation is 2. The number of benzene rings is 2. The number of amides is 1. The average Bonchev–Trinajstić information content (AvgIpc) is 2.96. The van der Waals surface area contributed by atoms with E-state index in [-0.39, 0.29) is 17.5 Å². The molecule has 0 saturated heterocycles. The van der Waals surface area contributed by atoms with Crippen LogP contribution in [0, 0.1) is 19.7 Å². The second kappa shape index (κ2) is 6.92. The van der Waals surface area contributed by atoms with Gasteiger partial charge in [0.05, 0.1) is 5.69 Å². The fraction of sp³-hybridized carbons (Fsp3) is 0.150. The number of anilines is 1. The number of hydrogen-bond donors (Lipinski definition) is 1. The zero-order valence-corrected chi connectivity index (χ0v) is 14.7. The molecule has 3 rings (SSSR count). The maximum atomic E-state index is 13.1. The molecule has 0 fully saturated rings. The summed E-state index contributed by atoms with van der Waals surface area (Å²) in [5.41, 5.74) is 3.21. The Balaban J connectivity index is 1.84. The normalized spacial score (nSPS) is 10.6. The highest BCUT2D eigenvalue weighted by Crippen LogP contribution is 2.17. The van der Waals surface area contributed by atoms with Crippen molar-refractivity contribution in [1.82, 2.24) is 9.78 Å². The van der Waals surface area contributed by atoms with Crippen molar-refractivity contribution in [2.24, 2.45) is 0 Å². The van der Waals surface area contributed by atoms with Crippen molar-refractivity contribution in [3.05, 3.63) is 76.7 Å². The first-order valence-electron chi connectivity index (χ1n) is 8.10. The van der Waals surface area contributed by atoms with E-state index < -0.39 is 0 Å². The van der Waals surface area contributed by atoms with Gasteiger partial charge < -0.3 is 5.32 Å². The van der Waals surface area contributed by atoms with Gasteiger partial charge in [0.1, 0.15) is 5.82 Å². The van der Waals surface area contributed by atoms with E-state index in [1.807, 2.05) is 13.8 Å². The van der Waals surface area contributed by atoms with Crippen LogP contribution in [0.3, 0.4) is 0 Å². The van der Waals surface area contributed by atoms with E-state index >= 15 is 0 Å². The summed E-state index contributed by atoms with van der Waals surface area (Å²) in [5, 5.41) is 7.08. The molecule has 5 nitrogen and oxygen atoms in total. The largest absolute Gasteiger partial charge is 0.305 e. The number of rotatable bonds is 4. The first kappa shape index (κ1) is 17.5. The van der Waals surface area contributed by atoms with Crippen molar-refractivity contribution in [1.29, 1.82) is 0 Å². The van der Waals surface area contributed by atoms with Crippen molar-refractivity contribution >= 4 is 17.5 Å². The summed E-state index contributed by atoms with van der Waals surface area (Å²) in [4.78, 5) is 24.1. The summed E-state index contributed by atoms with van der Waals surface area (Å²) in [6.07, 6.45) is 0. The molecule has 0 atom stereocenters. The maximum absolute atomic E-state index is 13.1. The molecule has 0 aliphatic heterocycles. The minimum Gasteiger partial charge on any atom is -0.305 e. The zero-order valence-electron chi connectivity index (χ0n) is 14.7. The van der Waals surface area contributed by atoms with Gasteiger partial charge in [0, 0.05) is 22.9 Å². The fourth-order valence-electron chi connectivity index (χ4n) is 2.71. The number of carbonyl (C=O) groups is 2. The second-order valence-electron chi connectivity index (χ2n) is 6.10. The summed E-state index contributed by atoms with van der Waals surface area (Å²) in [6, 6.07) is 12.6. The van der Waals surface area contributed by atoms with Crippen LogP contribution in [0.2, 0.25) is 0 Å². The van der Waals surface area contributed by atoms with Gasteiger partial charge in [0.2, 0.25) is 0 Å². The lowest BCUT2D eigenvalue weighted by atomic mass is 10.0. The fourth-order valence-corrected chi connectivity index (χ4v) is 2.71. The summed E-state index contributed by atoms with van der Waals surface area (Å²) in [5.74, 6) is -0.389. The van der Waals surface area contributed by atoms with Gasteiger partial charge in [0.25, 0.3) is 5.91 Å². The van der Waals surface area contributed by atoms with Crippen molar-refractivity contribution in [2.45, 2.75) is 20.8 Å². The van der Waals surface area contributed by atoms with Gasteiger partial charge in [-0.05, 0) is 62.7 Å². The number of nitrogens with one attached hydrogen (secondary N) is 1. The molecule has 0 saturated carbocycles. The van der Waals surface area contributed by atoms with Crippen LogP contribution < -0.4 is 5.32 Å². The second-order valence-corrected chi connectivity index (χ2v) is 6.10. The summed E-state index contributed by atoms with van der Waals surface area (Å²) in [6.45, 7) is 5.13. The van der Waals surface area contributed by atoms with Crippen molar-refractivity contribution in [3.8, 4) is 5.69 Å². The molecule has 0 bridgehead atoms. The Morgan fingerprint density at radius 3 is 2.38 bits per heavy atom. The summed E-state index contributed by atoms with van der Waals surface area (Å²) >= 11 is 0. The van der Waals surface area contributed by atoms with Gasteiger partial charge in [0.15, 0.2) is 11.6 Å². The van der Waals surface area contributed by atoms with E-state index in [2.05, 4.69) is 10.4 Å². The third-order valence-electron chi connectivity index (χ3n) is 4.08. The van der Waals surface area contributed by atoms with Gasteiger partial charge in [-0.2, -0.15) is 0 Å². The lowest BCUT2D eigenvalue weighted by Crippen LogP contribution is -2.13. The zero-order chi connectivity index (χ0) is 18.8. The molecule has 0 radical (unpaired) electrons. The Hall–Kier alpha value is -3.28. The highest BCUT2D eigenvalue weighted by molar-refractivity contribution is 6.06. The van der Waals surface area contributed by atoms with E-state index in [0.717, 1.165) is 11.3 Å². The quantitative estimate of drug-likeness (QED) is 0.720. The molecule has 0 spiro atoms. The van der Waals surface area contributed by atoms with Crippen molar-refractivity contribution < 1.29 is 14.0 Å². The molecule has 2 aromatic carbocycles. The first-order valence-corrected chi connectivity index (χ1v) is 8.10. The number of halogens is 1. The van der Waals surface area contributed by atoms with Gasteiger partial charge in [-0.3, -0.25) is 9.59 Å². The van der Waals surface area contributed by atoms with Crippen LogP contribution >= 0.6 is 0 Å². The Morgan fingerprint density at radius 2 is 1.73 bits per heavy atom. The van der Waals surface area contributed by atoms with Crippen LogP contribution in [0.15, 0.2) is 48.5 Å². The predicted molar refractivity (Wildman–Crippen MR) is 97.4 cm³/mol. The van der Waals surface area contributed by atoms with Crippen LogP contribution in [0.4, 0.5) is 10.2 Å². The number of hydrogen-bond acceptors (Lipinski definition) is 3. The molecule has 1 aromatic heterocycles. The predicted octanol–water partition coefficient (Wildman–Crippen LogP) is 4.08. The monoisotopic (exact) mass is 351 g/mol. The molecule has 0 unspecified atom stereocenters. The van der Waals surface area contributed by atoms with E-state index in [1.165, 1.54) is 19.1 Å². The number of ketones is 1. The third kappa shape index (κ3) is 3.54. The van der Waals surface area contributed by atoms with Gasteiger partial charge in [-0.25, -0.2) is 9.07 Å². The Morgan fingerprint density at radius 1 is 1.04 bits per heavy atom. The SMILES string of the molecule is CC(=O)c1cc(C(=O)Nc2cc(C)n(-c3ccc(F)cc3)n2)ccc1C. The Bertz CT molecular complexity index is 991. The average molecular weight is 351 g/mol. The highest BCUT2D eigenvalue weighted by Gasteiger charge is 2.13. The Kier molecular flexibility index (Phi) is 4.67. The minimum atomic E-state index is -0.351. The molecule has 26 heavy (non-hydrogen) atoms. The summed E-state index contributed by atoms with van der Waals surface area (Å²) in [7, 11) is 0. The lowest BCUT2D eigenvalue weighted by Gasteiger charge is -2.06. The number of Topliss-reactive ketones (excluding diaryl/α,β-unsaturated/α-hetero) is 1. The highest BCUT2D eigenvalue weighted by atomic mass is 19.1. The van der Waals surface area contributed by atoms with Gasteiger partial charge >= 0.3 is 0 Å². The van der Waals surface area contributed by atoms with Gasteiger partial charge in [-0.15, -0.1) is 5.10 Å². The maximum Gasteiger partial charge on any atom is 0.256 e. The molecular weight excluding hydrogens is 333 g/mol. The molecule has 0 aliphatic rings. The number of nitrogens with zero attached hydrogens (tertiary/aromatic N) is 2. The van der Waals surface area contributed by atoms with Crippen LogP contribution in [0.25, 0.3) is 5.69 Å². The summed E-state index contributed by atoms with van der Waals surface area (Å²) < 4.78 is 14.7. The molecule has 6 heteroatoms. The van der Waals surface area contributed by atoms with E-state index in [0.29, 0.717) is 22.6 Å². The number of aromatic nitrogens is 2. The molecule has 132 valence electrons. The van der Waals surface area contributed by atoms with Crippen LogP contribution in [-0.4, -0.2) is 21.5 Å². The molecule has 1 N–H and O–H groups in total.